The fourth-order valence-corrected chi connectivity index (χ4v) is 1.84. The Hall–Kier alpha value is -2.15. The van der Waals surface area contributed by atoms with E-state index in [1.54, 1.807) is 26.1 Å². The minimum atomic E-state index is -1.15. The number of nitrogens with one attached hydrogen (secondary N) is 1. The lowest BCUT2D eigenvalue weighted by molar-refractivity contribution is -0.386. The van der Waals surface area contributed by atoms with Crippen LogP contribution in [0, 0.1) is 10.1 Å². The standard InChI is InChI=1S/C13H18N2O5/c1-9(8-13(2,14-3)12(16)17)20-11-7-5-4-6-10(11)15(18)19/h4-7,9,14H,8H2,1-3H3,(H,16,17). The summed E-state index contributed by atoms with van der Waals surface area (Å²) in [7, 11) is 1.55. The number of para-hydroxylation sites is 2. The predicted molar refractivity (Wildman–Crippen MR) is 72.9 cm³/mol. The number of carboxylic acids is 1. The Morgan fingerprint density at radius 2 is 2.15 bits per heavy atom. The molecule has 1 rings (SSSR count). The summed E-state index contributed by atoms with van der Waals surface area (Å²) < 4.78 is 5.51. The number of nitrogens with zero attached hydrogens (tertiary/aromatic N) is 1. The summed E-state index contributed by atoms with van der Waals surface area (Å²) in [6.07, 6.45) is -0.324. The molecule has 0 saturated carbocycles. The lowest BCUT2D eigenvalue weighted by atomic mass is 9.95. The summed E-state index contributed by atoms with van der Waals surface area (Å²) in [5.74, 6) is -0.869. The monoisotopic (exact) mass is 282 g/mol. The Labute approximate surface area is 116 Å². The molecule has 2 atom stereocenters. The van der Waals surface area contributed by atoms with E-state index in [0.29, 0.717) is 0 Å². The summed E-state index contributed by atoms with van der Waals surface area (Å²) in [6.45, 7) is 3.21. The molecule has 0 spiro atoms. The molecule has 2 unspecified atom stereocenters. The lowest BCUT2D eigenvalue weighted by Gasteiger charge is -2.27. The second kappa shape index (κ2) is 6.33. The van der Waals surface area contributed by atoms with Crippen LogP contribution in [-0.2, 0) is 4.79 Å². The third kappa shape index (κ3) is 3.67. The first-order valence-electron chi connectivity index (χ1n) is 6.12. The molecule has 0 aromatic heterocycles. The molecule has 110 valence electrons. The maximum Gasteiger partial charge on any atom is 0.323 e. The van der Waals surface area contributed by atoms with Gasteiger partial charge in [-0.05, 0) is 27.0 Å². The van der Waals surface area contributed by atoms with Gasteiger partial charge in [-0.15, -0.1) is 0 Å². The number of nitro benzene ring substituents is 1. The van der Waals surface area contributed by atoms with Crippen molar-refractivity contribution in [2.45, 2.75) is 31.9 Å². The number of carbonyl (C=O) groups is 1. The van der Waals surface area contributed by atoms with Gasteiger partial charge in [0, 0.05) is 12.5 Å². The Bertz CT molecular complexity index is 505. The molecule has 0 aliphatic carbocycles. The number of hydrogen-bond acceptors (Lipinski definition) is 5. The van der Waals surface area contributed by atoms with E-state index in [1.165, 1.54) is 19.1 Å². The van der Waals surface area contributed by atoms with Gasteiger partial charge in [0.15, 0.2) is 5.75 Å². The molecule has 0 aliphatic heterocycles. The van der Waals surface area contributed by atoms with E-state index < -0.39 is 22.5 Å². The number of nitro groups is 1. The van der Waals surface area contributed by atoms with E-state index in [1.807, 2.05) is 0 Å². The van der Waals surface area contributed by atoms with Crippen molar-refractivity contribution < 1.29 is 19.6 Å². The van der Waals surface area contributed by atoms with Crippen molar-refractivity contribution in [3.63, 3.8) is 0 Å². The van der Waals surface area contributed by atoms with Crippen LogP contribution in [-0.4, -0.2) is 34.7 Å². The minimum Gasteiger partial charge on any atom is -0.484 e. The van der Waals surface area contributed by atoms with Crippen LogP contribution >= 0.6 is 0 Å². The molecule has 7 heteroatoms. The van der Waals surface area contributed by atoms with E-state index in [9.17, 15) is 14.9 Å². The zero-order valence-electron chi connectivity index (χ0n) is 11.6. The molecule has 7 nitrogen and oxygen atoms in total. The van der Waals surface area contributed by atoms with Crippen LogP contribution < -0.4 is 10.1 Å². The molecule has 1 aromatic rings. The van der Waals surface area contributed by atoms with E-state index in [2.05, 4.69) is 5.32 Å². The van der Waals surface area contributed by atoms with Crippen molar-refractivity contribution in [2.24, 2.45) is 0 Å². The summed E-state index contributed by atoms with van der Waals surface area (Å²) in [4.78, 5) is 21.5. The fourth-order valence-electron chi connectivity index (χ4n) is 1.84. The van der Waals surface area contributed by atoms with Crippen molar-refractivity contribution in [2.75, 3.05) is 7.05 Å². The third-order valence-electron chi connectivity index (χ3n) is 3.11. The molecule has 0 saturated heterocycles. The van der Waals surface area contributed by atoms with Crippen LogP contribution in [0.25, 0.3) is 0 Å². The average molecular weight is 282 g/mol. The van der Waals surface area contributed by atoms with Crippen molar-refractivity contribution in [1.82, 2.24) is 5.32 Å². The molecule has 0 heterocycles. The smallest absolute Gasteiger partial charge is 0.323 e. The number of ether oxygens (including phenoxy) is 1. The van der Waals surface area contributed by atoms with Crippen LogP contribution in [0.2, 0.25) is 0 Å². The molecule has 0 bridgehead atoms. The Balaban J connectivity index is 2.84. The van der Waals surface area contributed by atoms with Crippen molar-refractivity contribution >= 4 is 11.7 Å². The van der Waals surface area contributed by atoms with Gasteiger partial charge in [-0.2, -0.15) is 0 Å². The van der Waals surface area contributed by atoms with Crippen LogP contribution in [0.5, 0.6) is 5.75 Å². The van der Waals surface area contributed by atoms with Gasteiger partial charge in [-0.25, -0.2) is 0 Å². The van der Waals surface area contributed by atoms with Gasteiger partial charge in [0.1, 0.15) is 5.54 Å². The highest BCUT2D eigenvalue weighted by atomic mass is 16.6. The van der Waals surface area contributed by atoms with E-state index >= 15 is 0 Å². The van der Waals surface area contributed by atoms with Crippen molar-refractivity contribution in [1.29, 1.82) is 0 Å². The molecular weight excluding hydrogens is 264 g/mol. The highest BCUT2D eigenvalue weighted by molar-refractivity contribution is 5.78. The average Bonchev–Trinajstić information content (AvgIpc) is 2.38. The lowest BCUT2D eigenvalue weighted by Crippen LogP contribution is -2.50. The summed E-state index contributed by atoms with van der Waals surface area (Å²) >= 11 is 0. The molecule has 20 heavy (non-hydrogen) atoms. The maximum absolute atomic E-state index is 11.2. The number of carboxylic acid groups (broad SMARTS) is 1. The number of benzene rings is 1. The quantitative estimate of drug-likeness (QED) is 0.584. The normalized spacial score (nSPS) is 15.2. The van der Waals surface area contributed by atoms with E-state index in [0.717, 1.165) is 0 Å². The van der Waals surface area contributed by atoms with Crippen LogP contribution in [0.3, 0.4) is 0 Å². The van der Waals surface area contributed by atoms with Crippen molar-refractivity contribution in [3.05, 3.63) is 34.4 Å². The van der Waals surface area contributed by atoms with Crippen molar-refractivity contribution in [3.8, 4) is 5.75 Å². The minimum absolute atomic E-state index is 0.133. The van der Waals surface area contributed by atoms with Gasteiger partial charge in [-0.1, -0.05) is 12.1 Å². The van der Waals surface area contributed by atoms with Gasteiger partial charge in [0.25, 0.3) is 0 Å². The predicted octanol–water partition coefficient (Wildman–Crippen LogP) is 1.81. The molecule has 0 radical (unpaired) electrons. The van der Waals surface area contributed by atoms with Gasteiger partial charge in [-0.3, -0.25) is 14.9 Å². The second-order valence-electron chi connectivity index (χ2n) is 4.74. The second-order valence-corrected chi connectivity index (χ2v) is 4.74. The molecule has 1 aromatic carbocycles. The Kier molecular flexibility index (Phi) is 5.04. The number of hydrogen-bond donors (Lipinski definition) is 2. The molecule has 0 fully saturated rings. The maximum atomic E-state index is 11.2. The number of rotatable bonds is 7. The molecule has 0 amide bonds. The number of likely N-dealkylation sites (N-methyl/N-ethyl adjacent to an activating group) is 1. The van der Waals surface area contributed by atoms with Crippen LogP contribution in [0.1, 0.15) is 20.3 Å². The van der Waals surface area contributed by atoms with Gasteiger partial charge in [0.2, 0.25) is 0 Å². The molecule has 0 aliphatic rings. The highest BCUT2D eigenvalue weighted by Crippen LogP contribution is 2.28. The summed E-state index contributed by atoms with van der Waals surface area (Å²) in [5.41, 5.74) is -1.29. The summed E-state index contributed by atoms with van der Waals surface area (Å²) in [6, 6.07) is 6.01. The van der Waals surface area contributed by atoms with Gasteiger partial charge < -0.3 is 15.2 Å². The first kappa shape index (κ1) is 15.9. The first-order valence-corrected chi connectivity index (χ1v) is 6.12. The first-order chi connectivity index (χ1) is 9.30. The fraction of sp³-hybridized carbons (Fsp3) is 0.462. The molecular formula is C13H18N2O5. The van der Waals surface area contributed by atoms with Gasteiger partial charge in [0.05, 0.1) is 11.0 Å². The third-order valence-corrected chi connectivity index (χ3v) is 3.11. The van der Waals surface area contributed by atoms with E-state index in [4.69, 9.17) is 9.84 Å². The molecule has 2 N–H and O–H groups in total. The SMILES string of the molecule is CNC(C)(CC(C)Oc1ccccc1[N+](=O)[O-])C(=O)O. The zero-order valence-corrected chi connectivity index (χ0v) is 11.6. The zero-order chi connectivity index (χ0) is 15.3. The van der Waals surface area contributed by atoms with Gasteiger partial charge >= 0.3 is 11.7 Å². The largest absolute Gasteiger partial charge is 0.484 e. The Morgan fingerprint density at radius 1 is 1.55 bits per heavy atom. The summed E-state index contributed by atoms with van der Waals surface area (Å²) in [5, 5.41) is 22.8. The van der Waals surface area contributed by atoms with E-state index in [-0.39, 0.29) is 17.9 Å². The highest BCUT2D eigenvalue weighted by Gasteiger charge is 2.34. The topological polar surface area (TPSA) is 102 Å². The van der Waals surface area contributed by atoms with Crippen LogP contribution in [0.15, 0.2) is 24.3 Å². The van der Waals surface area contributed by atoms with Crippen LogP contribution in [0.4, 0.5) is 5.69 Å². The Morgan fingerprint density at radius 3 is 2.65 bits per heavy atom. The number of aliphatic carboxylic acids is 1.